The van der Waals surface area contributed by atoms with Crippen LogP contribution in [0.1, 0.15) is 34.2 Å². The number of carbonyl (C=O) groups is 2. The number of benzene rings is 1. The van der Waals surface area contributed by atoms with Crippen LogP contribution in [0.15, 0.2) is 60.9 Å². The first kappa shape index (κ1) is 29.7. The molecule has 0 saturated carbocycles. The molecule has 0 saturated heterocycles. The van der Waals surface area contributed by atoms with Crippen molar-refractivity contribution in [2.45, 2.75) is 26.9 Å². The molecule has 0 fully saturated rings. The molecule has 0 radical (unpaired) electrons. The van der Waals surface area contributed by atoms with Gasteiger partial charge in [0.25, 0.3) is 5.91 Å². The smallest absolute Gasteiger partial charge is 0.433 e. The fourth-order valence-corrected chi connectivity index (χ4v) is 3.74. The minimum Gasteiger partial charge on any atom is -0.478 e. The van der Waals surface area contributed by atoms with Gasteiger partial charge >= 0.3 is 6.18 Å². The zero-order valence-corrected chi connectivity index (χ0v) is 21.7. The second kappa shape index (κ2) is 12.8. The molecule has 0 atom stereocenters. The van der Waals surface area contributed by atoms with Crippen molar-refractivity contribution in [1.82, 2.24) is 15.0 Å². The largest absolute Gasteiger partial charge is 0.478 e. The first-order valence-electron chi connectivity index (χ1n) is 11.8. The first-order valence-corrected chi connectivity index (χ1v) is 11.8. The van der Waals surface area contributed by atoms with Crippen LogP contribution in [-0.2, 0) is 11.0 Å². The van der Waals surface area contributed by atoms with E-state index in [2.05, 4.69) is 26.0 Å². The molecule has 2 amide bonds. The Balaban J connectivity index is 0.00000141. The highest BCUT2D eigenvalue weighted by Crippen LogP contribution is 2.34. The van der Waals surface area contributed by atoms with Crippen LogP contribution in [0.4, 0.5) is 23.2 Å². The number of carbonyl (C=O) groups excluding carboxylic acids is 2. The normalized spacial score (nSPS) is 10.8. The molecule has 8 nitrogen and oxygen atoms in total. The number of pyridine rings is 3. The Bertz CT molecular complexity index is 1530. The molecule has 3 heterocycles. The first-order chi connectivity index (χ1) is 19.0. The van der Waals surface area contributed by atoms with Gasteiger partial charge < -0.3 is 15.8 Å². The van der Waals surface area contributed by atoms with Gasteiger partial charge in [-0.15, -0.1) is 0 Å². The van der Waals surface area contributed by atoms with Gasteiger partial charge in [0.1, 0.15) is 11.5 Å². The van der Waals surface area contributed by atoms with Crippen LogP contribution in [-0.4, -0.2) is 33.9 Å². The lowest BCUT2D eigenvalue weighted by molar-refractivity contribution is -0.141. The van der Waals surface area contributed by atoms with E-state index in [4.69, 9.17) is 9.53 Å². The van der Waals surface area contributed by atoms with Crippen molar-refractivity contribution in [1.29, 1.82) is 0 Å². The van der Waals surface area contributed by atoms with Crippen molar-refractivity contribution in [2.24, 2.45) is 5.73 Å². The Hall–Kier alpha value is -4.87. The van der Waals surface area contributed by atoms with E-state index in [0.29, 0.717) is 40.9 Å². The number of amides is 2. The Labute approximate surface area is 227 Å². The Morgan fingerprint density at radius 3 is 2.38 bits per heavy atom. The molecule has 208 valence electrons. The van der Waals surface area contributed by atoms with E-state index >= 15 is 0 Å². The van der Waals surface area contributed by atoms with Crippen molar-refractivity contribution in [3.63, 3.8) is 0 Å². The molecule has 0 spiro atoms. The van der Waals surface area contributed by atoms with Crippen molar-refractivity contribution in [3.05, 3.63) is 89.3 Å². The van der Waals surface area contributed by atoms with Crippen molar-refractivity contribution < 1.29 is 31.9 Å². The van der Waals surface area contributed by atoms with Gasteiger partial charge in [0, 0.05) is 35.3 Å². The zero-order chi connectivity index (χ0) is 29.4. The third-order valence-electron chi connectivity index (χ3n) is 5.47. The summed E-state index contributed by atoms with van der Waals surface area (Å²) < 4.78 is 59.5. The molecule has 12 heteroatoms. The van der Waals surface area contributed by atoms with E-state index in [-0.39, 0.29) is 17.7 Å². The van der Waals surface area contributed by atoms with Gasteiger partial charge in [-0.3, -0.25) is 19.6 Å². The number of rotatable bonds is 6. The molecular weight excluding hydrogens is 530 g/mol. The second-order valence-electron chi connectivity index (χ2n) is 8.36. The maximum Gasteiger partial charge on any atom is 0.433 e. The zero-order valence-electron chi connectivity index (χ0n) is 21.7. The van der Waals surface area contributed by atoms with Crippen LogP contribution in [0.25, 0.3) is 22.4 Å². The summed E-state index contributed by atoms with van der Waals surface area (Å²) in [4.78, 5) is 33.3. The summed E-state index contributed by atoms with van der Waals surface area (Å²) in [6.07, 6.45) is -1.92. The number of aryl methyl sites for hydroxylation is 2. The van der Waals surface area contributed by atoms with Gasteiger partial charge in [0.15, 0.2) is 0 Å². The molecule has 1 aromatic carbocycles. The van der Waals surface area contributed by atoms with E-state index in [0.717, 1.165) is 23.5 Å². The Morgan fingerprint density at radius 2 is 1.73 bits per heavy atom. The summed E-state index contributed by atoms with van der Waals surface area (Å²) in [6, 6.07) is 11.6. The third kappa shape index (κ3) is 7.37. The SMILES string of the molecule is CCOc1cc(-c2cc(NC(=O)c3ccnc(C(F)(F)F)c3)c(F)cc2C)cc(-c2ccnc(C)c2)n1.NC=O. The molecule has 40 heavy (non-hydrogen) atoms. The van der Waals surface area contributed by atoms with E-state index in [1.165, 1.54) is 12.1 Å². The number of nitrogens with one attached hydrogen (secondary N) is 1. The van der Waals surface area contributed by atoms with Crippen LogP contribution < -0.4 is 15.8 Å². The molecule has 3 aromatic heterocycles. The molecule has 4 aromatic rings. The van der Waals surface area contributed by atoms with Crippen LogP contribution >= 0.6 is 0 Å². The quantitative estimate of drug-likeness (QED) is 0.232. The van der Waals surface area contributed by atoms with Gasteiger partial charge in [-0.25, -0.2) is 9.37 Å². The minimum atomic E-state index is -4.72. The summed E-state index contributed by atoms with van der Waals surface area (Å²) in [5.74, 6) is -1.28. The Kier molecular flexibility index (Phi) is 9.49. The number of nitrogens with zero attached hydrogens (tertiary/aromatic N) is 3. The number of nitrogens with two attached hydrogens (primary N) is 1. The van der Waals surface area contributed by atoms with Gasteiger partial charge in [0.2, 0.25) is 12.3 Å². The van der Waals surface area contributed by atoms with Gasteiger partial charge in [-0.1, -0.05) is 0 Å². The molecular formula is C28H25F4N5O3. The maximum absolute atomic E-state index is 14.8. The van der Waals surface area contributed by atoms with Crippen LogP contribution in [0.3, 0.4) is 0 Å². The van der Waals surface area contributed by atoms with Crippen molar-refractivity contribution in [3.8, 4) is 28.3 Å². The number of aromatic nitrogens is 3. The Morgan fingerprint density at radius 1 is 1.02 bits per heavy atom. The summed E-state index contributed by atoms with van der Waals surface area (Å²) >= 11 is 0. The summed E-state index contributed by atoms with van der Waals surface area (Å²) in [6.45, 7) is 5.77. The summed E-state index contributed by atoms with van der Waals surface area (Å²) in [5.41, 5.74) is 6.48. The molecule has 0 aliphatic rings. The lowest BCUT2D eigenvalue weighted by Gasteiger charge is -2.15. The predicted molar refractivity (Wildman–Crippen MR) is 141 cm³/mol. The summed E-state index contributed by atoms with van der Waals surface area (Å²) in [7, 11) is 0. The number of ether oxygens (including phenoxy) is 1. The molecule has 0 aliphatic carbocycles. The summed E-state index contributed by atoms with van der Waals surface area (Å²) in [5, 5.41) is 2.37. The van der Waals surface area contributed by atoms with Crippen LogP contribution in [0.2, 0.25) is 0 Å². The van der Waals surface area contributed by atoms with Crippen molar-refractivity contribution in [2.75, 3.05) is 11.9 Å². The molecule has 0 bridgehead atoms. The third-order valence-corrected chi connectivity index (χ3v) is 5.47. The van der Waals surface area contributed by atoms with Gasteiger partial charge in [-0.2, -0.15) is 13.2 Å². The fraction of sp³-hybridized carbons (Fsp3) is 0.179. The maximum atomic E-state index is 14.8. The van der Waals surface area contributed by atoms with E-state index in [1.807, 2.05) is 32.0 Å². The van der Waals surface area contributed by atoms with Gasteiger partial charge in [-0.05, 0) is 79.9 Å². The lowest BCUT2D eigenvalue weighted by atomic mass is 9.98. The molecule has 4 rings (SSSR count). The number of hydrogen-bond donors (Lipinski definition) is 2. The lowest BCUT2D eigenvalue weighted by Crippen LogP contribution is -2.16. The predicted octanol–water partition coefficient (Wildman–Crippen LogP) is 5.73. The van der Waals surface area contributed by atoms with Crippen LogP contribution in [0.5, 0.6) is 5.88 Å². The minimum absolute atomic E-state index is 0.188. The highest BCUT2D eigenvalue weighted by atomic mass is 19.4. The van der Waals surface area contributed by atoms with E-state index in [9.17, 15) is 22.4 Å². The number of halogens is 4. The fourth-order valence-electron chi connectivity index (χ4n) is 3.74. The molecule has 0 unspecified atom stereocenters. The second-order valence-corrected chi connectivity index (χ2v) is 8.36. The highest BCUT2D eigenvalue weighted by molar-refractivity contribution is 6.04. The van der Waals surface area contributed by atoms with E-state index < -0.39 is 23.6 Å². The highest BCUT2D eigenvalue weighted by Gasteiger charge is 2.33. The number of hydrogen-bond acceptors (Lipinski definition) is 6. The monoisotopic (exact) mass is 555 g/mol. The average molecular weight is 556 g/mol. The van der Waals surface area contributed by atoms with Crippen LogP contribution in [0, 0.1) is 19.7 Å². The number of alkyl halides is 3. The van der Waals surface area contributed by atoms with E-state index in [1.54, 1.807) is 19.2 Å². The van der Waals surface area contributed by atoms with Gasteiger partial charge in [0.05, 0.1) is 18.0 Å². The average Bonchev–Trinajstić information content (AvgIpc) is 2.90. The number of anilines is 1. The van der Waals surface area contributed by atoms with Crippen molar-refractivity contribution >= 4 is 18.0 Å². The topological polar surface area (TPSA) is 120 Å². The molecule has 0 aliphatic heterocycles. The number of primary amides is 1. The molecule has 3 N–H and O–H groups in total. The standard InChI is InChI=1S/C27H22F4N4O2.CH3NO/c1-4-37-25-13-19(11-22(34-25)17-5-7-32-16(3)10-17)20-14-23(21(28)9-15(20)2)35-26(36)18-6-8-33-24(12-18)27(29,30)31;2-1-3/h5-14H,4H2,1-3H3,(H,35,36);1H,(H2,2,3).